The molecular weight excluding hydrogens is 202 g/mol. The van der Waals surface area contributed by atoms with Crippen LogP contribution in [0.2, 0.25) is 0 Å². The number of rotatable bonds is 6. The molecule has 1 aromatic heterocycles. The maximum absolute atomic E-state index is 8.92. The van der Waals surface area contributed by atoms with Crippen molar-refractivity contribution in [2.45, 2.75) is 53.2 Å². The number of aryl methyl sites for hydroxylation is 1. The van der Waals surface area contributed by atoms with E-state index in [1.807, 2.05) is 11.6 Å². The largest absolute Gasteiger partial charge is 0.394 e. The summed E-state index contributed by atoms with van der Waals surface area (Å²) < 4.78 is 1.88. The van der Waals surface area contributed by atoms with E-state index in [1.54, 1.807) is 0 Å². The van der Waals surface area contributed by atoms with Gasteiger partial charge in [0.2, 0.25) is 0 Å². The Bertz CT molecular complexity index is 333. The van der Waals surface area contributed by atoms with Crippen molar-refractivity contribution < 1.29 is 5.11 Å². The van der Waals surface area contributed by atoms with E-state index in [1.165, 1.54) is 5.56 Å². The fourth-order valence-electron chi connectivity index (χ4n) is 1.72. The SMILES string of the molecule is CCC(C)NCc1c(C)nn(CCO)c1C. The van der Waals surface area contributed by atoms with Crippen LogP contribution in [-0.2, 0) is 13.1 Å². The average molecular weight is 225 g/mol. The van der Waals surface area contributed by atoms with Crippen LogP contribution in [0.5, 0.6) is 0 Å². The minimum Gasteiger partial charge on any atom is -0.394 e. The fourth-order valence-corrected chi connectivity index (χ4v) is 1.72. The lowest BCUT2D eigenvalue weighted by atomic mass is 10.1. The van der Waals surface area contributed by atoms with Crippen LogP contribution in [0.25, 0.3) is 0 Å². The highest BCUT2D eigenvalue weighted by Gasteiger charge is 2.11. The highest BCUT2D eigenvalue weighted by molar-refractivity contribution is 5.24. The fraction of sp³-hybridized carbons (Fsp3) is 0.750. The molecule has 0 amide bonds. The molecule has 1 unspecified atom stereocenters. The standard InChI is InChI=1S/C12H23N3O/c1-5-9(2)13-8-12-10(3)14-15(6-7-16)11(12)4/h9,13,16H,5-8H2,1-4H3. The second kappa shape index (κ2) is 6.01. The molecule has 4 nitrogen and oxygen atoms in total. The molecule has 1 aromatic rings. The van der Waals surface area contributed by atoms with Crippen molar-refractivity contribution >= 4 is 0 Å². The van der Waals surface area contributed by atoms with E-state index in [9.17, 15) is 0 Å². The molecule has 2 N–H and O–H groups in total. The van der Waals surface area contributed by atoms with Gasteiger partial charge in [-0.05, 0) is 27.2 Å². The minimum atomic E-state index is 0.139. The highest BCUT2D eigenvalue weighted by Crippen LogP contribution is 2.12. The van der Waals surface area contributed by atoms with E-state index >= 15 is 0 Å². The second-order valence-corrected chi connectivity index (χ2v) is 4.29. The predicted octanol–water partition coefficient (Wildman–Crippen LogP) is 1.38. The molecular formula is C12H23N3O. The smallest absolute Gasteiger partial charge is 0.0644 e. The van der Waals surface area contributed by atoms with Crippen molar-refractivity contribution in [2.75, 3.05) is 6.61 Å². The topological polar surface area (TPSA) is 50.1 Å². The summed E-state index contributed by atoms with van der Waals surface area (Å²) in [5, 5.41) is 16.8. The molecule has 1 heterocycles. The Labute approximate surface area is 97.7 Å². The van der Waals surface area contributed by atoms with Gasteiger partial charge in [-0.25, -0.2) is 0 Å². The van der Waals surface area contributed by atoms with Crippen LogP contribution in [0, 0.1) is 13.8 Å². The lowest BCUT2D eigenvalue weighted by Gasteiger charge is -2.11. The van der Waals surface area contributed by atoms with Gasteiger partial charge < -0.3 is 10.4 Å². The number of hydrogen-bond donors (Lipinski definition) is 2. The van der Waals surface area contributed by atoms with E-state index in [0.717, 1.165) is 24.4 Å². The first-order chi connectivity index (χ1) is 7.60. The van der Waals surface area contributed by atoms with Crippen LogP contribution in [0.15, 0.2) is 0 Å². The van der Waals surface area contributed by atoms with Crippen molar-refractivity contribution in [3.05, 3.63) is 17.0 Å². The van der Waals surface area contributed by atoms with Gasteiger partial charge in [0.25, 0.3) is 0 Å². The summed E-state index contributed by atoms with van der Waals surface area (Å²) in [4.78, 5) is 0. The number of aliphatic hydroxyl groups is 1. The molecule has 0 aliphatic carbocycles. The summed E-state index contributed by atoms with van der Waals surface area (Å²) in [6, 6.07) is 0.528. The van der Waals surface area contributed by atoms with Crippen molar-refractivity contribution in [1.82, 2.24) is 15.1 Å². The van der Waals surface area contributed by atoms with Crippen LogP contribution in [-0.4, -0.2) is 27.5 Å². The van der Waals surface area contributed by atoms with E-state index in [2.05, 4.69) is 31.2 Å². The number of aliphatic hydroxyl groups excluding tert-OH is 1. The van der Waals surface area contributed by atoms with Crippen LogP contribution in [0.3, 0.4) is 0 Å². The minimum absolute atomic E-state index is 0.139. The lowest BCUT2D eigenvalue weighted by molar-refractivity contribution is 0.267. The van der Waals surface area contributed by atoms with E-state index in [0.29, 0.717) is 12.6 Å². The maximum atomic E-state index is 8.92. The molecule has 92 valence electrons. The first kappa shape index (κ1) is 13.2. The van der Waals surface area contributed by atoms with E-state index < -0.39 is 0 Å². The van der Waals surface area contributed by atoms with Gasteiger partial charge in [0.15, 0.2) is 0 Å². The summed E-state index contributed by atoms with van der Waals surface area (Å²) in [7, 11) is 0. The molecule has 0 aliphatic rings. The third-order valence-corrected chi connectivity index (χ3v) is 3.08. The van der Waals surface area contributed by atoms with E-state index in [-0.39, 0.29) is 6.61 Å². The molecule has 0 radical (unpaired) electrons. The first-order valence-electron chi connectivity index (χ1n) is 5.97. The van der Waals surface area contributed by atoms with Gasteiger partial charge in [-0.15, -0.1) is 0 Å². The molecule has 16 heavy (non-hydrogen) atoms. The molecule has 0 saturated heterocycles. The number of nitrogens with zero attached hydrogens (tertiary/aromatic N) is 2. The third-order valence-electron chi connectivity index (χ3n) is 3.08. The van der Waals surface area contributed by atoms with Gasteiger partial charge in [0, 0.05) is 23.8 Å². The molecule has 0 aliphatic heterocycles. The maximum Gasteiger partial charge on any atom is 0.0644 e. The van der Waals surface area contributed by atoms with Gasteiger partial charge in [0.1, 0.15) is 0 Å². The molecule has 0 bridgehead atoms. The van der Waals surface area contributed by atoms with Crippen LogP contribution in [0.1, 0.15) is 37.2 Å². The second-order valence-electron chi connectivity index (χ2n) is 4.29. The van der Waals surface area contributed by atoms with Crippen LogP contribution < -0.4 is 5.32 Å². The number of nitrogens with one attached hydrogen (secondary N) is 1. The van der Waals surface area contributed by atoms with Crippen molar-refractivity contribution in [1.29, 1.82) is 0 Å². The van der Waals surface area contributed by atoms with Crippen molar-refractivity contribution in [2.24, 2.45) is 0 Å². The van der Waals surface area contributed by atoms with Gasteiger partial charge in [-0.2, -0.15) is 5.10 Å². The Balaban J connectivity index is 2.72. The molecule has 1 atom stereocenters. The van der Waals surface area contributed by atoms with Crippen LogP contribution >= 0.6 is 0 Å². The molecule has 0 fully saturated rings. The monoisotopic (exact) mass is 225 g/mol. The predicted molar refractivity (Wildman–Crippen MR) is 65.4 cm³/mol. The van der Waals surface area contributed by atoms with Gasteiger partial charge in [-0.1, -0.05) is 6.92 Å². The Hall–Kier alpha value is -0.870. The lowest BCUT2D eigenvalue weighted by Crippen LogP contribution is -2.25. The van der Waals surface area contributed by atoms with Gasteiger partial charge in [0.05, 0.1) is 18.8 Å². The quantitative estimate of drug-likeness (QED) is 0.769. The number of aromatic nitrogens is 2. The van der Waals surface area contributed by atoms with Crippen molar-refractivity contribution in [3.63, 3.8) is 0 Å². The third kappa shape index (κ3) is 3.06. The Morgan fingerprint density at radius 2 is 2.12 bits per heavy atom. The number of hydrogen-bond acceptors (Lipinski definition) is 3. The molecule has 0 aromatic carbocycles. The summed E-state index contributed by atoms with van der Waals surface area (Å²) in [6.07, 6.45) is 1.13. The zero-order chi connectivity index (χ0) is 12.1. The Morgan fingerprint density at radius 1 is 1.44 bits per heavy atom. The van der Waals surface area contributed by atoms with Gasteiger partial charge in [-0.3, -0.25) is 4.68 Å². The Morgan fingerprint density at radius 3 is 2.69 bits per heavy atom. The molecule has 4 heteroatoms. The zero-order valence-corrected chi connectivity index (χ0v) is 10.7. The molecule has 0 saturated carbocycles. The van der Waals surface area contributed by atoms with Crippen LogP contribution in [0.4, 0.5) is 0 Å². The van der Waals surface area contributed by atoms with E-state index in [4.69, 9.17) is 5.11 Å². The average Bonchev–Trinajstić information content (AvgIpc) is 2.52. The highest BCUT2D eigenvalue weighted by atomic mass is 16.3. The molecule has 1 rings (SSSR count). The Kier molecular flexibility index (Phi) is 4.96. The summed E-state index contributed by atoms with van der Waals surface area (Å²) in [6.45, 7) is 10.0. The zero-order valence-electron chi connectivity index (χ0n) is 10.7. The molecule has 0 spiro atoms. The first-order valence-corrected chi connectivity index (χ1v) is 5.97. The summed E-state index contributed by atoms with van der Waals surface area (Å²) >= 11 is 0. The normalized spacial score (nSPS) is 13.1. The van der Waals surface area contributed by atoms with Crippen molar-refractivity contribution in [3.8, 4) is 0 Å². The van der Waals surface area contributed by atoms with Gasteiger partial charge >= 0.3 is 0 Å². The summed E-state index contributed by atoms with van der Waals surface area (Å²) in [5.41, 5.74) is 3.47. The summed E-state index contributed by atoms with van der Waals surface area (Å²) in [5.74, 6) is 0.